The zero-order valence-electron chi connectivity index (χ0n) is 16.3. The van der Waals surface area contributed by atoms with Gasteiger partial charge < -0.3 is 15.2 Å². The zero-order valence-corrected chi connectivity index (χ0v) is 17.1. The minimum Gasteiger partial charge on any atom is -0.490 e. The van der Waals surface area contributed by atoms with Crippen molar-refractivity contribution in [2.45, 2.75) is 38.5 Å². The summed E-state index contributed by atoms with van der Waals surface area (Å²) in [7, 11) is 0. The van der Waals surface area contributed by atoms with Crippen LogP contribution in [0, 0.1) is 0 Å². The second-order valence-electron chi connectivity index (χ2n) is 7.49. The first-order chi connectivity index (χ1) is 13.4. The van der Waals surface area contributed by atoms with Gasteiger partial charge in [0, 0.05) is 36.9 Å². The average molecular weight is 407 g/mol. The third-order valence-corrected chi connectivity index (χ3v) is 4.98. The molecule has 28 heavy (non-hydrogen) atoms. The van der Waals surface area contributed by atoms with Gasteiger partial charge in [-0.3, -0.25) is 14.4 Å². The van der Waals surface area contributed by atoms with Crippen LogP contribution in [0.3, 0.4) is 0 Å². The Hall–Kier alpha value is -2.09. The molecule has 2 N–H and O–H groups in total. The van der Waals surface area contributed by atoms with E-state index in [0.29, 0.717) is 23.9 Å². The number of nitrogens with zero attached hydrogens (tertiary/aromatic N) is 3. The first-order valence-corrected chi connectivity index (χ1v) is 9.80. The molecule has 2 aromatic rings. The number of nitrogens with two attached hydrogens (primary N) is 1. The van der Waals surface area contributed by atoms with Crippen molar-refractivity contribution < 1.29 is 14.3 Å². The van der Waals surface area contributed by atoms with Crippen molar-refractivity contribution in [2.24, 2.45) is 5.73 Å². The Balaban J connectivity index is 1.72. The Morgan fingerprint density at radius 2 is 2.25 bits per heavy atom. The Morgan fingerprint density at radius 3 is 2.96 bits per heavy atom. The van der Waals surface area contributed by atoms with Gasteiger partial charge in [-0.15, -0.1) is 0 Å². The molecule has 0 saturated carbocycles. The summed E-state index contributed by atoms with van der Waals surface area (Å²) >= 11 is 6.03. The number of primary amides is 1. The summed E-state index contributed by atoms with van der Waals surface area (Å²) in [5, 5.41) is 4.99. The molecule has 1 aliphatic rings. The SMILES string of the molecule is CC(C)n1nccc1CN1CCO[C@@](COc2cccc(Cl)c2)(CC(N)=O)C1. The van der Waals surface area contributed by atoms with Gasteiger partial charge in [-0.1, -0.05) is 17.7 Å². The van der Waals surface area contributed by atoms with E-state index in [0.717, 1.165) is 18.8 Å². The second kappa shape index (κ2) is 8.94. The first-order valence-electron chi connectivity index (χ1n) is 9.42. The van der Waals surface area contributed by atoms with Crippen LogP contribution >= 0.6 is 11.6 Å². The molecule has 1 atom stereocenters. The highest BCUT2D eigenvalue weighted by atomic mass is 35.5. The van der Waals surface area contributed by atoms with E-state index in [9.17, 15) is 4.79 Å². The number of hydrogen-bond donors (Lipinski definition) is 1. The molecule has 2 heterocycles. The number of rotatable bonds is 8. The molecular formula is C20H27ClN4O3. The molecule has 3 rings (SSSR count). The van der Waals surface area contributed by atoms with E-state index >= 15 is 0 Å². The third-order valence-electron chi connectivity index (χ3n) is 4.75. The van der Waals surface area contributed by atoms with Crippen LogP contribution < -0.4 is 10.5 Å². The van der Waals surface area contributed by atoms with Crippen LogP contribution in [0.15, 0.2) is 36.5 Å². The van der Waals surface area contributed by atoms with Crippen molar-refractivity contribution >= 4 is 17.5 Å². The van der Waals surface area contributed by atoms with Gasteiger partial charge in [0.1, 0.15) is 18.0 Å². The third kappa shape index (κ3) is 5.25. The minimum absolute atomic E-state index is 0.0908. The van der Waals surface area contributed by atoms with Gasteiger partial charge in [0.2, 0.25) is 5.91 Å². The summed E-state index contributed by atoms with van der Waals surface area (Å²) in [6, 6.07) is 9.47. The van der Waals surface area contributed by atoms with E-state index in [1.54, 1.807) is 12.1 Å². The monoisotopic (exact) mass is 406 g/mol. The van der Waals surface area contributed by atoms with Crippen molar-refractivity contribution in [1.29, 1.82) is 0 Å². The number of morpholine rings is 1. The molecule has 0 radical (unpaired) electrons. The van der Waals surface area contributed by atoms with E-state index in [2.05, 4.69) is 23.8 Å². The molecule has 1 amide bonds. The number of carbonyl (C=O) groups excluding carboxylic acids is 1. The van der Waals surface area contributed by atoms with E-state index < -0.39 is 11.5 Å². The maximum Gasteiger partial charge on any atom is 0.220 e. The number of carbonyl (C=O) groups is 1. The van der Waals surface area contributed by atoms with Gasteiger partial charge >= 0.3 is 0 Å². The molecule has 0 unspecified atom stereocenters. The summed E-state index contributed by atoms with van der Waals surface area (Å²) in [4.78, 5) is 14.0. The lowest BCUT2D eigenvalue weighted by Crippen LogP contribution is -2.56. The van der Waals surface area contributed by atoms with Crippen LogP contribution in [0.1, 0.15) is 32.0 Å². The molecule has 1 aromatic carbocycles. The molecule has 8 heteroatoms. The average Bonchev–Trinajstić information content (AvgIpc) is 3.08. The summed E-state index contributed by atoms with van der Waals surface area (Å²) in [6.07, 6.45) is 1.90. The van der Waals surface area contributed by atoms with Crippen LogP contribution in [-0.4, -0.2) is 52.5 Å². The fraction of sp³-hybridized carbons (Fsp3) is 0.500. The van der Waals surface area contributed by atoms with Gasteiger partial charge in [0.25, 0.3) is 0 Å². The van der Waals surface area contributed by atoms with Gasteiger partial charge in [0.15, 0.2) is 0 Å². The molecule has 1 fully saturated rings. The standard InChI is InChI=1S/C20H27ClN4O3/c1-15(2)25-17(6-7-23-25)12-24-8-9-28-20(13-24,11-19(22)26)14-27-18-5-3-4-16(21)10-18/h3-7,10,15H,8-9,11-14H2,1-2H3,(H2,22,26)/t20-/m0/s1. The van der Waals surface area contributed by atoms with Crippen molar-refractivity contribution in [3.8, 4) is 5.75 Å². The fourth-order valence-corrected chi connectivity index (χ4v) is 3.73. The van der Waals surface area contributed by atoms with Crippen LogP contribution in [0.25, 0.3) is 0 Å². The summed E-state index contributed by atoms with van der Waals surface area (Å²) in [5.41, 5.74) is 5.85. The highest BCUT2D eigenvalue weighted by Gasteiger charge is 2.39. The Kier molecular flexibility index (Phi) is 6.59. The lowest BCUT2D eigenvalue weighted by molar-refractivity contribution is -0.148. The number of halogens is 1. The summed E-state index contributed by atoms with van der Waals surface area (Å²) in [6.45, 7) is 6.95. The highest BCUT2D eigenvalue weighted by Crippen LogP contribution is 2.26. The topological polar surface area (TPSA) is 82.6 Å². The number of benzene rings is 1. The van der Waals surface area contributed by atoms with Gasteiger partial charge in [-0.05, 0) is 38.1 Å². The number of ether oxygens (including phenoxy) is 2. The first kappa shape index (κ1) is 20.6. The van der Waals surface area contributed by atoms with Gasteiger partial charge in [0.05, 0.1) is 18.7 Å². The molecule has 1 saturated heterocycles. The molecular weight excluding hydrogens is 380 g/mol. The quantitative estimate of drug-likeness (QED) is 0.728. The molecule has 1 aromatic heterocycles. The van der Waals surface area contributed by atoms with E-state index in [4.69, 9.17) is 26.8 Å². The minimum atomic E-state index is -0.797. The van der Waals surface area contributed by atoms with Gasteiger partial charge in [-0.2, -0.15) is 5.10 Å². The molecule has 7 nitrogen and oxygen atoms in total. The normalized spacial score (nSPS) is 20.4. The Bertz CT molecular complexity index is 810. The molecule has 152 valence electrons. The van der Waals surface area contributed by atoms with E-state index in [-0.39, 0.29) is 19.1 Å². The summed E-state index contributed by atoms with van der Waals surface area (Å²) in [5.74, 6) is 0.221. The van der Waals surface area contributed by atoms with Crippen molar-refractivity contribution in [3.63, 3.8) is 0 Å². The van der Waals surface area contributed by atoms with Crippen molar-refractivity contribution in [2.75, 3.05) is 26.3 Å². The Morgan fingerprint density at radius 1 is 1.43 bits per heavy atom. The number of amides is 1. The summed E-state index contributed by atoms with van der Waals surface area (Å²) < 4.78 is 14.0. The predicted molar refractivity (Wildman–Crippen MR) is 107 cm³/mol. The number of hydrogen-bond acceptors (Lipinski definition) is 5. The second-order valence-corrected chi connectivity index (χ2v) is 7.93. The predicted octanol–water partition coefficient (Wildman–Crippen LogP) is 2.64. The van der Waals surface area contributed by atoms with Crippen LogP contribution in [-0.2, 0) is 16.1 Å². The number of aromatic nitrogens is 2. The Labute approximate surface area is 170 Å². The lowest BCUT2D eigenvalue weighted by Gasteiger charge is -2.42. The lowest BCUT2D eigenvalue weighted by atomic mass is 9.97. The largest absolute Gasteiger partial charge is 0.490 e. The van der Waals surface area contributed by atoms with Crippen LogP contribution in [0.5, 0.6) is 5.75 Å². The molecule has 1 aliphatic heterocycles. The highest BCUT2D eigenvalue weighted by molar-refractivity contribution is 6.30. The maximum atomic E-state index is 11.7. The molecule has 0 spiro atoms. The van der Waals surface area contributed by atoms with Crippen molar-refractivity contribution in [3.05, 3.63) is 47.2 Å². The smallest absolute Gasteiger partial charge is 0.220 e. The van der Waals surface area contributed by atoms with E-state index in [1.165, 1.54) is 0 Å². The maximum absolute atomic E-state index is 11.7. The zero-order chi connectivity index (χ0) is 20.1. The van der Waals surface area contributed by atoms with Crippen molar-refractivity contribution in [1.82, 2.24) is 14.7 Å². The molecule has 0 aliphatic carbocycles. The fourth-order valence-electron chi connectivity index (χ4n) is 3.55. The molecule has 0 bridgehead atoms. The van der Waals surface area contributed by atoms with Crippen LogP contribution in [0.4, 0.5) is 0 Å². The van der Waals surface area contributed by atoms with Gasteiger partial charge in [-0.25, -0.2) is 0 Å². The van der Waals surface area contributed by atoms with Crippen LogP contribution in [0.2, 0.25) is 5.02 Å². The van der Waals surface area contributed by atoms with E-state index in [1.807, 2.05) is 29.1 Å².